The third kappa shape index (κ3) is 3.80. The van der Waals surface area contributed by atoms with Crippen molar-refractivity contribution >= 4 is 39.8 Å². The molecule has 5 aromatic rings. The van der Waals surface area contributed by atoms with E-state index in [1.165, 1.54) is 22.3 Å². The molecule has 1 aromatic heterocycles. The first-order chi connectivity index (χ1) is 17.1. The second kappa shape index (κ2) is 8.52. The number of anilines is 2. The number of hydrogen-bond acceptors (Lipinski definition) is 5. The molecule has 0 saturated heterocycles. The number of carbonyl (C=O) groups excluding carboxylic acids is 1. The molecule has 0 atom stereocenters. The zero-order valence-electron chi connectivity index (χ0n) is 18.4. The summed E-state index contributed by atoms with van der Waals surface area (Å²) in [5, 5.41) is 3.57. The van der Waals surface area contributed by atoms with Crippen molar-refractivity contribution < 1.29 is 9.18 Å². The number of halogens is 1. The SMILES string of the molecule is O=C1c2cc(SCc3ccccc3)ccc2-n2c1nc1c(Nc3ccc(F)cc3)cccc1c2=O. The highest BCUT2D eigenvalue weighted by Crippen LogP contribution is 2.33. The van der Waals surface area contributed by atoms with E-state index in [0.717, 1.165) is 10.6 Å². The molecule has 0 amide bonds. The van der Waals surface area contributed by atoms with Gasteiger partial charge in [0.15, 0.2) is 5.82 Å². The third-order valence-corrected chi connectivity index (χ3v) is 6.99. The van der Waals surface area contributed by atoms with Crippen LogP contribution in [-0.4, -0.2) is 15.3 Å². The maximum atomic E-state index is 13.5. The highest BCUT2D eigenvalue weighted by molar-refractivity contribution is 7.98. The minimum Gasteiger partial charge on any atom is -0.354 e. The molecule has 0 aliphatic carbocycles. The van der Waals surface area contributed by atoms with Crippen molar-refractivity contribution in [1.82, 2.24) is 9.55 Å². The van der Waals surface area contributed by atoms with Gasteiger partial charge in [0.1, 0.15) is 11.3 Å². The van der Waals surface area contributed by atoms with Crippen LogP contribution in [0.5, 0.6) is 0 Å². The van der Waals surface area contributed by atoms with Gasteiger partial charge in [0.2, 0.25) is 5.78 Å². The lowest BCUT2D eigenvalue weighted by Gasteiger charge is -2.11. The van der Waals surface area contributed by atoms with Gasteiger partial charge in [-0.05, 0) is 60.2 Å². The van der Waals surface area contributed by atoms with Crippen LogP contribution < -0.4 is 10.9 Å². The Bertz CT molecular complexity index is 1660. The summed E-state index contributed by atoms with van der Waals surface area (Å²) in [6.45, 7) is 0. The Labute approximate surface area is 204 Å². The van der Waals surface area contributed by atoms with Crippen LogP contribution in [0.25, 0.3) is 16.6 Å². The smallest absolute Gasteiger partial charge is 0.266 e. The topological polar surface area (TPSA) is 64.0 Å². The predicted molar refractivity (Wildman–Crippen MR) is 136 cm³/mol. The van der Waals surface area contributed by atoms with Gasteiger partial charge in [-0.3, -0.25) is 14.2 Å². The largest absolute Gasteiger partial charge is 0.354 e. The molecule has 7 heteroatoms. The van der Waals surface area contributed by atoms with Crippen LogP contribution >= 0.6 is 11.8 Å². The summed E-state index contributed by atoms with van der Waals surface area (Å²) in [5.74, 6) is 0.252. The Morgan fingerprint density at radius 2 is 1.69 bits per heavy atom. The molecule has 0 fully saturated rings. The molecule has 1 aliphatic rings. The Hall–Kier alpha value is -4.23. The number of carbonyl (C=O) groups is 1. The van der Waals surface area contributed by atoms with Crippen LogP contribution in [0.4, 0.5) is 15.8 Å². The van der Waals surface area contributed by atoms with E-state index in [2.05, 4.69) is 22.4 Å². The van der Waals surface area contributed by atoms with Gasteiger partial charge in [-0.25, -0.2) is 9.37 Å². The number of para-hydroxylation sites is 1. The summed E-state index contributed by atoms with van der Waals surface area (Å²) in [5.41, 5.74) is 3.52. The van der Waals surface area contributed by atoms with Crippen molar-refractivity contribution in [3.63, 3.8) is 0 Å². The second-order valence-electron chi connectivity index (χ2n) is 8.19. The molecular formula is C28H18FN3O2S. The maximum Gasteiger partial charge on any atom is 0.266 e. The number of rotatable bonds is 5. The van der Waals surface area contributed by atoms with Crippen LogP contribution in [0, 0.1) is 5.82 Å². The van der Waals surface area contributed by atoms with Crippen LogP contribution in [0.1, 0.15) is 21.7 Å². The molecule has 1 N–H and O–H groups in total. The molecule has 0 radical (unpaired) electrons. The standard InChI is InChI=1S/C28H18FN3O2S/c29-18-9-11-19(12-10-18)30-23-8-4-7-21-25(23)31-27-26(33)22-15-20(13-14-24(22)32(27)28(21)34)35-16-17-5-2-1-3-6-17/h1-15,30H,16H2. The summed E-state index contributed by atoms with van der Waals surface area (Å²) < 4.78 is 14.7. The van der Waals surface area contributed by atoms with E-state index < -0.39 is 0 Å². The number of nitrogens with zero attached hydrogens (tertiary/aromatic N) is 2. The van der Waals surface area contributed by atoms with Gasteiger partial charge in [-0.15, -0.1) is 11.8 Å². The van der Waals surface area contributed by atoms with E-state index >= 15 is 0 Å². The van der Waals surface area contributed by atoms with Crippen LogP contribution in [-0.2, 0) is 5.75 Å². The number of hydrogen-bond donors (Lipinski definition) is 1. The minimum atomic E-state index is -0.340. The van der Waals surface area contributed by atoms with E-state index in [1.54, 1.807) is 42.1 Å². The summed E-state index contributed by atoms with van der Waals surface area (Å²) in [6.07, 6.45) is 0. The molecule has 2 heterocycles. The molecule has 35 heavy (non-hydrogen) atoms. The average molecular weight is 480 g/mol. The number of benzene rings is 4. The van der Waals surface area contributed by atoms with Crippen molar-refractivity contribution in [2.45, 2.75) is 10.6 Å². The first kappa shape index (κ1) is 21.3. The molecule has 6 rings (SSSR count). The summed E-state index contributed by atoms with van der Waals surface area (Å²) >= 11 is 1.64. The number of aromatic nitrogens is 2. The Morgan fingerprint density at radius 3 is 2.49 bits per heavy atom. The Kier molecular flexibility index (Phi) is 5.19. The molecular weight excluding hydrogens is 461 g/mol. The number of nitrogens with one attached hydrogen (secondary N) is 1. The van der Waals surface area contributed by atoms with Crippen molar-refractivity contribution in [3.8, 4) is 5.69 Å². The Morgan fingerprint density at radius 1 is 0.886 bits per heavy atom. The quantitative estimate of drug-likeness (QED) is 0.303. The minimum absolute atomic E-state index is 0.0936. The molecule has 0 saturated carbocycles. The van der Waals surface area contributed by atoms with E-state index in [0.29, 0.717) is 33.5 Å². The molecule has 0 unspecified atom stereocenters. The highest BCUT2D eigenvalue weighted by Gasteiger charge is 2.31. The first-order valence-corrected chi connectivity index (χ1v) is 12.0. The molecule has 1 aliphatic heterocycles. The van der Waals surface area contributed by atoms with Crippen molar-refractivity contribution in [1.29, 1.82) is 0 Å². The van der Waals surface area contributed by atoms with Gasteiger partial charge in [0.25, 0.3) is 5.56 Å². The fourth-order valence-electron chi connectivity index (χ4n) is 4.22. The summed E-state index contributed by atoms with van der Waals surface area (Å²) in [4.78, 5) is 32.4. The van der Waals surface area contributed by atoms with Crippen LogP contribution in [0.2, 0.25) is 0 Å². The lowest BCUT2D eigenvalue weighted by molar-refractivity contribution is 0.103. The zero-order valence-corrected chi connectivity index (χ0v) is 19.2. The zero-order chi connectivity index (χ0) is 23.9. The van der Waals surface area contributed by atoms with E-state index in [4.69, 9.17) is 0 Å². The van der Waals surface area contributed by atoms with Crippen LogP contribution in [0.3, 0.4) is 0 Å². The van der Waals surface area contributed by atoms with E-state index in [9.17, 15) is 14.0 Å². The van der Waals surface area contributed by atoms with Gasteiger partial charge in [-0.2, -0.15) is 0 Å². The second-order valence-corrected chi connectivity index (χ2v) is 9.24. The Balaban J connectivity index is 1.38. The van der Waals surface area contributed by atoms with E-state index in [1.807, 2.05) is 36.4 Å². The van der Waals surface area contributed by atoms with Gasteiger partial charge < -0.3 is 5.32 Å². The van der Waals surface area contributed by atoms with Crippen LogP contribution in [0.15, 0.2) is 101 Å². The van der Waals surface area contributed by atoms with Gasteiger partial charge in [0.05, 0.1) is 22.3 Å². The number of fused-ring (bicyclic) bond motifs is 4. The van der Waals surface area contributed by atoms with Crippen molar-refractivity contribution in [3.05, 3.63) is 124 Å². The molecule has 4 aromatic carbocycles. The summed E-state index contributed by atoms with van der Waals surface area (Å²) in [6, 6.07) is 26.8. The first-order valence-electron chi connectivity index (χ1n) is 11.0. The number of ketones is 1. The van der Waals surface area contributed by atoms with Gasteiger partial charge in [-0.1, -0.05) is 36.4 Å². The predicted octanol–water partition coefficient (Wildman–Crippen LogP) is 6.11. The molecule has 0 spiro atoms. The maximum absolute atomic E-state index is 13.5. The summed E-state index contributed by atoms with van der Waals surface area (Å²) in [7, 11) is 0. The van der Waals surface area contributed by atoms with Crippen molar-refractivity contribution in [2.75, 3.05) is 5.32 Å². The highest BCUT2D eigenvalue weighted by atomic mass is 32.2. The number of thioether (sulfide) groups is 1. The van der Waals surface area contributed by atoms with E-state index in [-0.39, 0.29) is 23.0 Å². The fraction of sp³-hybridized carbons (Fsp3) is 0.0357. The lowest BCUT2D eigenvalue weighted by Crippen LogP contribution is -2.21. The average Bonchev–Trinajstić information content (AvgIpc) is 3.17. The molecule has 0 bridgehead atoms. The lowest BCUT2D eigenvalue weighted by atomic mass is 10.1. The van der Waals surface area contributed by atoms with Gasteiger partial charge >= 0.3 is 0 Å². The molecule has 170 valence electrons. The monoisotopic (exact) mass is 479 g/mol. The van der Waals surface area contributed by atoms with Gasteiger partial charge in [0, 0.05) is 16.3 Å². The van der Waals surface area contributed by atoms with Crippen molar-refractivity contribution in [2.24, 2.45) is 0 Å². The molecule has 5 nitrogen and oxygen atoms in total. The third-order valence-electron chi connectivity index (χ3n) is 5.93. The fourth-order valence-corrected chi connectivity index (χ4v) is 5.11. The normalized spacial score (nSPS) is 12.0.